The Morgan fingerprint density at radius 1 is 1.32 bits per heavy atom. The largest absolute Gasteiger partial charge is 0.490 e. The zero-order valence-electron chi connectivity index (χ0n) is 11.0. The van der Waals surface area contributed by atoms with Gasteiger partial charge in [0.15, 0.2) is 0 Å². The Hall–Kier alpha value is -2.01. The van der Waals surface area contributed by atoms with Crippen LogP contribution in [-0.2, 0) is 9.47 Å². The van der Waals surface area contributed by atoms with Crippen LogP contribution < -0.4 is 4.74 Å². The van der Waals surface area contributed by atoms with Crippen molar-refractivity contribution in [3.05, 3.63) is 30.0 Å². The van der Waals surface area contributed by atoms with Crippen LogP contribution in [0.3, 0.4) is 0 Å². The molecule has 0 N–H and O–H groups in total. The van der Waals surface area contributed by atoms with Crippen LogP contribution >= 0.6 is 0 Å². The van der Waals surface area contributed by atoms with Crippen molar-refractivity contribution in [2.75, 3.05) is 26.9 Å². The van der Waals surface area contributed by atoms with Crippen molar-refractivity contribution >= 4 is 16.9 Å². The fourth-order valence-corrected chi connectivity index (χ4v) is 1.75. The second kappa shape index (κ2) is 6.24. The standard InChI is InChI=1S/C14H16O5/c1-3-17-6-7-19-13-9-10(14(15)16-2)8-12-11(13)4-5-18-12/h4-5,8-9H,3,6-7H2,1-2H3. The van der Waals surface area contributed by atoms with E-state index in [2.05, 4.69) is 0 Å². The first kappa shape index (κ1) is 13.4. The highest BCUT2D eigenvalue weighted by Gasteiger charge is 2.13. The quantitative estimate of drug-likeness (QED) is 0.593. The molecule has 102 valence electrons. The van der Waals surface area contributed by atoms with E-state index in [1.165, 1.54) is 7.11 Å². The highest BCUT2D eigenvalue weighted by Crippen LogP contribution is 2.29. The van der Waals surface area contributed by atoms with Gasteiger partial charge in [-0.05, 0) is 25.1 Å². The molecule has 0 unspecified atom stereocenters. The number of benzene rings is 1. The maximum Gasteiger partial charge on any atom is 0.338 e. The number of rotatable bonds is 6. The predicted molar refractivity (Wildman–Crippen MR) is 69.5 cm³/mol. The molecule has 1 heterocycles. The van der Waals surface area contributed by atoms with E-state index in [0.29, 0.717) is 36.7 Å². The van der Waals surface area contributed by atoms with Crippen LogP contribution in [-0.4, -0.2) is 32.9 Å². The van der Waals surface area contributed by atoms with Gasteiger partial charge in [0.2, 0.25) is 0 Å². The van der Waals surface area contributed by atoms with Gasteiger partial charge in [0.05, 0.1) is 30.9 Å². The number of methoxy groups -OCH3 is 1. The van der Waals surface area contributed by atoms with Crippen LogP contribution in [0.4, 0.5) is 0 Å². The van der Waals surface area contributed by atoms with Crippen molar-refractivity contribution in [1.82, 2.24) is 0 Å². The second-order valence-corrected chi connectivity index (χ2v) is 3.84. The lowest BCUT2D eigenvalue weighted by Gasteiger charge is -2.08. The van der Waals surface area contributed by atoms with Crippen LogP contribution in [0.15, 0.2) is 28.9 Å². The van der Waals surface area contributed by atoms with E-state index in [1.54, 1.807) is 24.5 Å². The van der Waals surface area contributed by atoms with Gasteiger partial charge in [0.25, 0.3) is 0 Å². The summed E-state index contributed by atoms with van der Waals surface area (Å²) in [5.41, 5.74) is 0.991. The molecule has 19 heavy (non-hydrogen) atoms. The minimum atomic E-state index is -0.423. The molecule has 0 saturated carbocycles. The normalized spacial score (nSPS) is 10.6. The molecule has 1 aromatic carbocycles. The molecule has 5 heteroatoms. The lowest BCUT2D eigenvalue weighted by molar-refractivity contribution is 0.0600. The number of fused-ring (bicyclic) bond motifs is 1. The molecule has 5 nitrogen and oxygen atoms in total. The Bertz CT molecular complexity index is 558. The SMILES string of the molecule is CCOCCOc1cc(C(=O)OC)cc2occc12. The molecule has 0 atom stereocenters. The highest BCUT2D eigenvalue weighted by molar-refractivity contribution is 5.96. The molecule has 0 fully saturated rings. The molecule has 0 aliphatic carbocycles. The minimum Gasteiger partial charge on any atom is -0.490 e. The smallest absolute Gasteiger partial charge is 0.338 e. The van der Waals surface area contributed by atoms with E-state index < -0.39 is 5.97 Å². The van der Waals surface area contributed by atoms with Gasteiger partial charge in [0, 0.05) is 6.61 Å². The molecule has 0 bridgehead atoms. The first-order chi connectivity index (χ1) is 9.26. The van der Waals surface area contributed by atoms with Crippen molar-refractivity contribution in [2.45, 2.75) is 6.92 Å². The summed E-state index contributed by atoms with van der Waals surface area (Å²) in [6.45, 7) is 3.48. The van der Waals surface area contributed by atoms with Crippen LogP contribution in [0.5, 0.6) is 5.75 Å². The van der Waals surface area contributed by atoms with Crippen molar-refractivity contribution in [1.29, 1.82) is 0 Å². The molecule has 1 aromatic heterocycles. The Balaban J connectivity index is 2.24. The van der Waals surface area contributed by atoms with Gasteiger partial charge in [-0.1, -0.05) is 0 Å². The topological polar surface area (TPSA) is 57.9 Å². The highest BCUT2D eigenvalue weighted by atomic mass is 16.5. The molecule has 0 radical (unpaired) electrons. The van der Waals surface area contributed by atoms with E-state index in [9.17, 15) is 4.79 Å². The molecule has 0 aliphatic rings. The molecular formula is C14H16O5. The first-order valence-electron chi connectivity index (χ1n) is 6.06. The third-order valence-corrected chi connectivity index (χ3v) is 2.64. The summed E-state index contributed by atoms with van der Waals surface area (Å²) >= 11 is 0. The summed E-state index contributed by atoms with van der Waals surface area (Å²) in [6.07, 6.45) is 1.56. The fraction of sp³-hybridized carbons (Fsp3) is 0.357. The van der Waals surface area contributed by atoms with Crippen LogP contribution in [0.1, 0.15) is 17.3 Å². The second-order valence-electron chi connectivity index (χ2n) is 3.84. The summed E-state index contributed by atoms with van der Waals surface area (Å²) in [7, 11) is 1.34. The van der Waals surface area contributed by atoms with E-state index in [1.807, 2.05) is 6.92 Å². The summed E-state index contributed by atoms with van der Waals surface area (Å²) in [5, 5.41) is 0.823. The average molecular weight is 264 g/mol. The van der Waals surface area contributed by atoms with Crippen molar-refractivity contribution in [3.63, 3.8) is 0 Å². The van der Waals surface area contributed by atoms with Gasteiger partial charge in [-0.15, -0.1) is 0 Å². The average Bonchev–Trinajstić information content (AvgIpc) is 2.90. The third-order valence-electron chi connectivity index (χ3n) is 2.64. The lowest BCUT2D eigenvalue weighted by Crippen LogP contribution is -2.07. The van der Waals surface area contributed by atoms with Gasteiger partial charge in [0.1, 0.15) is 17.9 Å². The van der Waals surface area contributed by atoms with Gasteiger partial charge in [-0.2, -0.15) is 0 Å². The molecule has 0 aliphatic heterocycles. The first-order valence-corrected chi connectivity index (χ1v) is 6.06. The monoisotopic (exact) mass is 264 g/mol. The zero-order valence-corrected chi connectivity index (χ0v) is 11.0. The minimum absolute atomic E-state index is 0.399. The summed E-state index contributed by atoms with van der Waals surface area (Å²) in [6, 6.07) is 5.08. The Kier molecular flexibility index (Phi) is 4.41. The molecule has 2 rings (SSSR count). The van der Waals surface area contributed by atoms with Crippen molar-refractivity contribution in [3.8, 4) is 5.75 Å². The molecule has 0 saturated heterocycles. The summed E-state index contributed by atoms with van der Waals surface area (Å²) in [5.74, 6) is 0.166. The van der Waals surface area contributed by atoms with Gasteiger partial charge in [-0.25, -0.2) is 4.79 Å². The van der Waals surface area contributed by atoms with Gasteiger partial charge >= 0.3 is 5.97 Å². The van der Waals surface area contributed by atoms with Crippen LogP contribution in [0.25, 0.3) is 11.0 Å². The summed E-state index contributed by atoms with van der Waals surface area (Å²) < 4.78 is 20.8. The Labute approximate surface area is 111 Å². The number of furan rings is 1. The number of carbonyl (C=O) groups excluding carboxylic acids is 1. The van der Waals surface area contributed by atoms with Gasteiger partial charge in [-0.3, -0.25) is 0 Å². The summed E-state index contributed by atoms with van der Waals surface area (Å²) in [4.78, 5) is 11.6. The molecule has 0 amide bonds. The molecular weight excluding hydrogens is 248 g/mol. The van der Waals surface area contributed by atoms with Gasteiger partial charge < -0.3 is 18.6 Å². The zero-order chi connectivity index (χ0) is 13.7. The number of hydrogen-bond donors (Lipinski definition) is 0. The van der Waals surface area contributed by atoms with E-state index in [4.69, 9.17) is 18.6 Å². The van der Waals surface area contributed by atoms with E-state index in [-0.39, 0.29) is 0 Å². The van der Waals surface area contributed by atoms with Crippen LogP contribution in [0, 0.1) is 0 Å². The number of ether oxygens (including phenoxy) is 3. The van der Waals surface area contributed by atoms with E-state index >= 15 is 0 Å². The third kappa shape index (κ3) is 3.06. The van der Waals surface area contributed by atoms with Crippen molar-refractivity contribution in [2.24, 2.45) is 0 Å². The Morgan fingerprint density at radius 3 is 2.89 bits per heavy atom. The fourth-order valence-electron chi connectivity index (χ4n) is 1.75. The predicted octanol–water partition coefficient (Wildman–Crippen LogP) is 2.63. The Morgan fingerprint density at radius 2 is 2.16 bits per heavy atom. The molecule has 2 aromatic rings. The maximum atomic E-state index is 11.6. The maximum absolute atomic E-state index is 11.6. The molecule has 0 spiro atoms. The van der Waals surface area contributed by atoms with E-state index in [0.717, 1.165) is 5.39 Å². The number of esters is 1. The van der Waals surface area contributed by atoms with Crippen LogP contribution in [0.2, 0.25) is 0 Å². The number of carbonyl (C=O) groups is 1. The van der Waals surface area contributed by atoms with Crippen molar-refractivity contribution < 1.29 is 23.4 Å². The number of hydrogen-bond acceptors (Lipinski definition) is 5. The lowest BCUT2D eigenvalue weighted by atomic mass is 10.1.